The second kappa shape index (κ2) is 4.37. The second-order valence-electron chi connectivity index (χ2n) is 2.53. The summed E-state index contributed by atoms with van der Waals surface area (Å²) in [6, 6.07) is 2.65. The Hall–Kier alpha value is -0.460. The van der Waals surface area contributed by atoms with E-state index in [1.807, 2.05) is 0 Å². The van der Waals surface area contributed by atoms with Crippen molar-refractivity contribution in [3.05, 3.63) is 32.5 Å². The molecule has 0 spiro atoms. The lowest BCUT2D eigenvalue weighted by Crippen LogP contribution is -2.12. The van der Waals surface area contributed by atoms with E-state index in [0.29, 0.717) is 4.47 Å². The standard InChI is InChI=1S/C8H5Br2FO3/c9-3-1-4(7(12)8(13)14)6(11)5(10)2-3/h1-2,7,12H,(H,13,14). The Morgan fingerprint density at radius 1 is 1.43 bits per heavy atom. The number of benzene rings is 1. The molecular weight excluding hydrogens is 323 g/mol. The van der Waals surface area contributed by atoms with Crippen molar-refractivity contribution in [3.63, 3.8) is 0 Å². The van der Waals surface area contributed by atoms with Crippen molar-refractivity contribution in [2.75, 3.05) is 0 Å². The van der Waals surface area contributed by atoms with Gasteiger partial charge in [0.25, 0.3) is 0 Å². The Labute approximate surface area is 95.8 Å². The van der Waals surface area contributed by atoms with E-state index in [9.17, 15) is 9.18 Å². The number of hydrogen-bond acceptors (Lipinski definition) is 2. The van der Waals surface area contributed by atoms with E-state index in [1.54, 1.807) is 0 Å². The molecule has 0 aromatic heterocycles. The number of aliphatic hydroxyl groups excluding tert-OH is 1. The van der Waals surface area contributed by atoms with Gasteiger partial charge >= 0.3 is 5.97 Å². The van der Waals surface area contributed by atoms with Gasteiger partial charge in [-0.25, -0.2) is 9.18 Å². The van der Waals surface area contributed by atoms with Gasteiger partial charge in [-0.1, -0.05) is 15.9 Å². The minimum atomic E-state index is -1.86. The SMILES string of the molecule is O=C(O)C(O)c1cc(Br)cc(Br)c1F. The average molecular weight is 328 g/mol. The molecule has 0 saturated carbocycles. The normalized spacial score (nSPS) is 12.6. The van der Waals surface area contributed by atoms with Crippen LogP contribution in [0.1, 0.15) is 11.7 Å². The topological polar surface area (TPSA) is 57.5 Å². The summed E-state index contributed by atoms with van der Waals surface area (Å²) in [6.45, 7) is 0. The fourth-order valence-corrected chi connectivity index (χ4v) is 2.17. The van der Waals surface area contributed by atoms with Gasteiger partial charge in [0.1, 0.15) is 5.82 Å². The molecule has 0 aliphatic carbocycles. The third-order valence-electron chi connectivity index (χ3n) is 1.55. The number of aliphatic hydroxyl groups is 1. The number of carboxylic acid groups (broad SMARTS) is 1. The monoisotopic (exact) mass is 326 g/mol. The predicted molar refractivity (Wildman–Crippen MR) is 54.4 cm³/mol. The van der Waals surface area contributed by atoms with E-state index in [2.05, 4.69) is 31.9 Å². The summed E-state index contributed by atoms with van der Waals surface area (Å²) in [4.78, 5) is 10.4. The van der Waals surface area contributed by atoms with Crippen LogP contribution >= 0.6 is 31.9 Å². The summed E-state index contributed by atoms with van der Waals surface area (Å²) in [5.74, 6) is -2.27. The third-order valence-corrected chi connectivity index (χ3v) is 2.58. The van der Waals surface area contributed by atoms with Gasteiger partial charge in [0.05, 0.1) is 4.47 Å². The Morgan fingerprint density at radius 2 is 2.00 bits per heavy atom. The number of hydrogen-bond donors (Lipinski definition) is 2. The van der Waals surface area contributed by atoms with Crippen LogP contribution in [0.15, 0.2) is 21.1 Å². The molecular formula is C8H5Br2FO3. The zero-order chi connectivity index (χ0) is 10.9. The van der Waals surface area contributed by atoms with Crippen LogP contribution in [0.5, 0.6) is 0 Å². The summed E-state index contributed by atoms with van der Waals surface area (Å²) < 4.78 is 13.9. The first-order chi connectivity index (χ1) is 6.43. The molecule has 0 saturated heterocycles. The summed E-state index contributed by atoms with van der Waals surface area (Å²) >= 11 is 5.97. The molecule has 14 heavy (non-hydrogen) atoms. The van der Waals surface area contributed by atoms with E-state index in [0.717, 1.165) is 0 Å². The number of carboxylic acids is 1. The molecule has 1 aromatic rings. The Morgan fingerprint density at radius 3 is 2.50 bits per heavy atom. The number of halogens is 3. The first kappa shape index (κ1) is 11.6. The maximum absolute atomic E-state index is 13.3. The van der Waals surface area contributed by atoms with Gasteiger partial charge in [0.15, 0.2) is 6.10 Å². The molecule has 76 valence electrons. The van der Waals surface area contributed by atoms with Gasteiger partial charge < -0.3 is 10.2 Å². The van der Waals surface area contributed by atoms with E-state index >= 15 is 0 Å². The zero-order valence-corrected chi connectivity index (χ0v) is 9.84. The minimum Gasteiger partial charge on any atom is -0.479 e. The van der Waals surface area contributed by atoms with Crippen molar-refractivity contribution in [1.29, 1.82) is 0 Å². The molecule has 1 aromatic carbocycles. The lowest BCUT2D eigenvalue weighted by Gasteiger charge is -2.08. The number of rotatable bonds is 2. The number of carbonyl (C=O) groups is 1. The molecule has 0 aliphatic rings. The largest absolute Gasteiger partial charge is 0.479 e. The van der Waals surface area contributed by atoms with E-state index in [-0.39, 0.29) is 10.0 Å². The zero-order valence-electron chi connectivity index (χ0n) is 6.67. The van der Waals surface area contributed by atoms with Crippen molar-refractivity contribution in [1.82, 2.24) is 0 Å². The Balaban J connectivity index is 3.26. The fraction of sp³-hybridized carbons (Fsp3) is 0.125. The fourth-order valence-electron chi connectivity index (χ4n) is 0.908. The Kier molecular flexibility index (Phi) is 3.63. The van der Waals surface area contributed by atoms with E-state index in [1.165, 1.54) is 12.1 Å². The van der Waals surface area contributed by atoms with Crippen LogP contribution in [0.4, 0.5) is 4.39 Å². The lowest BCUT2D eigenvalue weighted by atomic mass is 10.1. The smallest absolute Gasteiger partial charge is 0.337 e. The van der Waals surface area contributed by atoms with Crippen LogP contribution in [0.3, 0.4) is 0 Å². The first-order valence-corrected chi connectivity index (χ1v) is 5.07. The summed E-state index contributed by atoms with van der Waals surface area (Å²) in [5, 5.41) is 17.6. The van der Waals surface area contributed by atoms with E-state index in [4.69, 9.17) is 10.2 Å². The molecule has 1 atom stereocenters. The second-order valence-corrected chi connectivity index (χ2v) is 4.30. The lowest BCUT2D eigenvalue weighted by molar-refractivity contribution is -0.147. The highest BCUT2D eigenvalue weighted by atomic mass is 79.9. The van der Waals surface area contributed by atoms with Crippen molar-refractivity contribution in [2.24, 2.45) is 0 Å². The molecule has 2 N–H and O–H groups in total. The van der Waals surface area contributed by atoms with Crippen LogP contribution in [-0.2, 0) is 4.79 Å². The van der Waals surface area contributed by atoms with Crippen molar-refractivity contribution in [2.45, 2.75) is 6.10 Å². The van der Waals surface area contributed by atoms with Crippen LogP contribution in [0.2, 0.25) is 0 Å². The molecule has 0 fully saturated rings. The maximum Gasteiger partial charge on any atom is 0.337 e. The molecule has 0 radical (unpaired) electrons. The van der Waals surface area contributed by atoms with E-state index < -0.39 is 17.9 Å². The Bertz CT molecular complexity index is 381. The highest BCUT2D eigenvalue weighted by Crippen LogP contribution is 2.28. The van der Waals surface area contributed by atoms with Gasteiger partial charge in [-0.15, -0.1) is 0 Å². The average Bonchev–Trinajstić information content (AvgIpc) is 2.09. The minimum absolute atomic E-state index is 0.0992. The molecule has 0 amide bonds. The molecule has 0 aliphatic heterocycles. The highest BCUT2D eigenvalue weighted by Gasteiger charge is 2.21. The number of aliphatic carboxylic acids is 1. The van der Waals surface area contributed by atoms with Gasteiger partial charge in [0, 0.05) is 10.0 Å². The summed E-state index contributed by atoms with van der Waals surface area (Å²) in [6.07, 6.45) is -1.86. The first-order valence-electron chi connectivity index (χ1n) is 3.48. The molecule has 6 heteroatoms. The maximum atomic E-state index is 13.3. The van der Waals surface area contributed by atoms with Crippen LogP contribution in [-0.4, -0.2) is 16.2 Å². The summed E-state index contributed by atoms with van der Waals surface area (Å²) in [5.41, 5.74) is -0.279. The molecule has 1 rings (SSSR count). The molecule has 0 heterocycles. The third kappa shape index (κ3) is 2.31. The predicted octanol–water partition coefficient (Wildman–Crippen LogP) is 2.47. The highest BCUT2D eigenvalue weighted by molar-refractivity contribution is 9.11. The van der Waals surface area contributed by atoms with Crippen molar-refractivity contribution < 1.29 is 19.4 Å². The van der Waals surface area contributed by atoms with Crippen LogP contribution < -0.4 is 0 Å². The van der Waals surface area contributed by atoms with Crippen molar-refractivity contribution in [3.8, 4) is 0 Å². The van der Waals surface area contributed by atoms with Gasteiger partial charge in [-0.3, -0.25) is 0 Å². The summed E-state index contributed by atoms with van der Waals surface area (Å²) in [7, 11) is 0. The van der Waals surface area contributed by atoms with Crippen LogP contribution in [0.25, 0.3) is 0 Å². The van der Waals surface area contributed by atoms with Crippen molar-refractivity contribution >= 4 is 37.8 Å². The molecule has 0 bridgehead atoms. The van der Waals surface area contributed by atoms with Gasteiger partial charge in [-0.2, -0.15) is 0 Å². The quantitative estimate of drug-likeness (QED) is 0.820. The molecule has 1 unspecified atom stereocenters. The van der Waals surface area contributed by atoms with Gasteiger partial charge in [-0.05, 0) is 28.1 Å². The van der Waals surface area contributed by atoms with Crippen LogP contribution in [0, 0.1) is 5.82 Å². The van der Waals surface area contributed by atoms with Gasteiger partial charge in [0.2, 0.25) is 0 Å². The molecule has 3 nitrogen and oxygen atoms in total.